The molecule has 0 saturated heterocycles. The number of non-ortho nitro benzene ring substituents is 1. The number of fused-ring (bicyclic) bond motifs is 1. The number of carbonyl (C=O) groups is 1. The van der Waals surface area contributed by atoms with E-state index in [1.807, 2.05) is 0 Å². The van der Waals surface area contributed by atoms with Crippen LogP contribution in [-0.4, -0.2) is 27.1 Å². The SMILES string of the molecule is O=C(N/N=C\c1cc(Cl)cc([N+](=O)[O-])c1O)c1cc2cc([N+](=O)[O-])ccc2o1. The van der Waals surface area contributed by atoms with E-state index in [-0.39, 0.29) is 27.6 Å². The molecule has 3 aromatic rings. The average molecular weight is 405 g/mol. The van der Waals surface area contributed by atoms with Crippen molar-refractivity contribution in [3.05, 3.63) is 73.0 Å². The number of rotatable bonds is 5. The van der Waals surface area contributed by atoms with E-state index in [4.69, 9.17) is 16.0 Å². The molecule has 28 heavy (non-hydrogen) atoms. The Bertz CT molecular complexity index is 1160. The predicted octanol–water partition coefficient (Wildman–Crippen LogP) is 3.37. The van der Waals surface area contributed by atoms with Crippen LogP contribution in [-0.2, 0) is 0 Å². The number of hydrogen-bond acceptors (Lipinski definition) is 8. The molecule has 0 atom stereocenters. The van der Waals surface area contributed by atoms with Crippen LogP contribution in [0.15, 0.2) is 45.9 Å². The topological polar surface area (TPSA) is 161 Å². The van der Waals surface area contributed by atoms with E-state index in [9.17, 15) is 30.1 Å². The average Bonchev–Trinajstić information content (AvgIpc) is 3.07. The summed E-state index contributed by atoms with van der Waals surface area (Å²) in [6.45, 7) is 0. The fraction of sp³-hybridized carbons (Fsp3) is 0. The van der Waals surface area contributed by atoms with Gasteiger partial charge in [0.15, 0.2) is 5.76 Å². The van der Waals surface area contributed by atoms with Crippen LogP contribution in [0.5, 0.6) is 5.75 Å². The molecule has 0 aliphatic carbocycles. The van der Waals surface area contributed by atoms with Gasteiger partial charge in [-0.3, -0.25) is 25.0 Å². The Balaban J connectivity index is 1.80. The van der Waals surface area contributed by atoms with Gasteiger partial charge in [0.1, 0.15) is 5.58 Å². The van der Waals surface area contributed by atoms with Crippen molar-refractivity contribution in [1.29, 1.82) is 0 Å². The fourth-order valence-electron chi connectivity index (χ4n) is 2.31. The first kappa shape index (κ1) is 18.8. The van der Waals surface area contributed by atoms with E-state index in [2.05, 4.69) is 10.5 Å². The van der Waals surface area contributed by atoms with E-state index >= 15 is 0 Å². The van der Waals surface area contributed by atoms with Crippen LogP contribution in [0.2, 0.25) is 5.02 Å². The molecule has 0 unspecified atom stereocenters. The molecule has 12 heteroatoms. The van der Waals surface area contributed by atoms with Gasteiger partial charge in [-0.05, 0) is 18.2 Å². The molecule has 142 valence electrons. The number of aromatic hydroxyl groups is 1. The summed E-state index contributed by atoms with van der Waals surface area (Å²) in [7, 11) is 0. The van der Waals surface area contributed by atoms with Crippen LogP contribution >= 0.6 is 11.6 Å². The highest BCUT2D eigenvalue weighted by atomic mass is 35.5. The van der Waals surface area contributed by atoms with Crippen LogP contribution in [0, 0.1) is 20.2 Å². The second kappa shape index (κ2) is 7.32. The zero-order valence-corrected chi connectivity index (χ0v) is 14.4. The smallest absolute Gasteiger partial charge is 0.312 e. The number of carbonyl (C=O) groups excluding carboxylic acids is 1. The maximum absolute atomic E-state index is 12.1. The second-order valence-corrected chi connectivity index (χ2v) is 5.85. The Morgan fingerprint density at radius 3 is 2.61 bits per heavy atom. The molecule has 1 aromatic heterocycles. The van der Waals surface area contributed by atoms with Crippen molar-refractivity contribution in [1.82, 2.24) is 5.43 Å². The van der Waals surface area contributed by atoms with Crippen LogP contribution < -0.4 is 5.43 Å². The van der Waals surface area contributed by atoms with Crippen LogP contribution in [0.1, 0.15) is 16.1 Å². The van der Waals surface area contributed by atoms with Gasteiger partial charge in [-0.15, -0.1) is 0 Å². The van der Waals surface area contributed by atoms with Crippen LogP contribution in [0.3, 0.4) is 0 Å². The molecule has 0 fully saturated rings. The van der Waals surface area contributed by atoms with Gasteiger partial charge in [0.2, 0.25) is 5.75 Å². The van der Waals surface area contributed by atoms with Crippen molar-refractivity contribution in [2.45, 2.75) is 0 Å². The highest BCUT2D eigenvalue weighted by molar-refractivity contribution is 6.31. The summed E-state index contributed by atoms with van der Waals surface area (Å²) < 4.78 is 5.29. The summed E-state index contributed by atoms with van der Waals surface area (Å²) in [5.41, 5.74) is 1.53. The van der Waals surface area contributed by atoms with Crippen molar-refractivity contribution in [2.24, 2.45) is 5.10 Å². The maximum atomic E-state index is 12.1. The van der Waals surface area contributed by atoms with Crippen molar-refractivity contribution < 1.29 is 24.2 Å². The first-order valence-corrected chi connectivity index (χ1v) is 7.82. The number of nitro benzene ring substituents is 2. The van der Waals surface area contributed by atoms with Gasteiger partial charge >= 0.3 is 11.6 Å². The lowest BCUT2D eigenvalue weighted by Crippen LogP contribution is -2.16. The number of hydrogen-bond donors (Lipinski definition) is 2. The van der Waals surface area contributed by atoms with Crippen molar-refractivity contribution >= 4 is 46.1 Å². The lowest BCUT2D eigenvalue weighted by molar-refractivity contribution is -0.385. The summed E-state index contributed by atoms with van der Waals surface area (Å²) in [4.78, 5) is 32.4. The van der Waals surface area contributed by atoms with Crippen molar-refractivity contribution in [3.8, 4) is 5.75 Å². The predicted molar refractivity (Wildman–Crippen MR) is 97.7 cm³/mol. The summed E-state index contributed by atoms with van der Waals surface area (Å²) in [5.74, 6) is -1.59. The number of phenols is 1. The third-order valence-electron chi connectivity index (χ3n) is 3.58. The quantitative estimate of drug-likeness (QED) is 0.374. The summed E-state index contributed by atoms with van der Waals surface area (Å²) >= 11 is 5.76. The zero-order valence-electron chi connectivity index (χ0n) is 13.7. The monoisotopic (exact) mass is 404 g/mol. The van der Waals surface area contributed by atoms with Crippen LogP contribution in [0.4, 0.5) is 11.4 Å². The van der Waals surface area contributed by atoms with Crippen molar-refractivity contribution in [3.63, 3.8) is 0 Å². The third-order valence-corrected chi connectivity index (χ3v) is 3.80. The van der Waals surface area contributed by atoms with E-state index < -0.39 is 27.2 Å². The zero-order chi connectivity index (χ0) is 20.4. The van der Waals surface area contributed by atoms with Gasteiger partial charge in [-0.1, -0.05) is 11.6 Å². The first-order chi connectivity index (χ1) is 13.3. The Labute approximate surface area is 160 Å². The molecule has 0 spiro atoms. The summed E-state index contributed by atoms with van der Waals surface area (Å²) in [6.07, 6.45) is 0.972. The second-order valence-electron chi connectivity index (χ2n) is 5.41. The molecule has 0 bridgehead atoms. The van der Waals surface area contributed by atoms with Gasteiger partial charge in [0, 0.05) is 34.2 Å². The number of amides is 1. The normalized spacial score (nSPS) is 11.0. The van der Waals surface area contributed by atoms with Gasteiger partial charge in [0.25, 0.3) is 5.69 Å². The fourth-order valence-corrected chi connectivity index (χ4v) is 2.54. The summed E-state index contributed by atoms with van der Waals surface area (Å²) in [6, 6.07) is 7.34. The molecule has 0 saturated carbocycles. The van der Waals surface area contributed by atoms with Gasteiger partial charge in [0.05, 0.1) is 16.1 Å². The number of halogens is 1. The highest BCUT2D eigenvalue weighted by Crippen LogP contribution is 2.32. The highest BCUT2D eigenvalue weighted by Gasteiger charge is 2.18. The Morgan fingerprint density at radius 1 is 1.18 bits per heavy atom. The number of nitrogens with one attached hydrogen (secondary N) is 1. The Kier molecular flexibility index (Phi) is 4.92. The van der Waals surface area contributed by atoms with E-state index in [1.165, 1.54) is 30.3 Å². The number of hydrazone groups is 1. The molecule has 2 aromatic carbocycles. The van der Waals surface area contributed by atoms with Gasteiger partial charge in [-0.2, -0.15) is 5.10 Å². The minimum Gasteiger partial charge on any atom is -0.502 e. The molecular weight excluding hydrogens is 396 g/mol. The lowest BCUT2D eigenvalue weighted by Gasteiger charge is -2.01. The molecular formula is C16H9ClN4O7. The largest absolute Gasteiger partial charge is 0.502 e. The molecule has 0 radical (unpaired) electrons. The van der Waals surface area contributed by atoms with E-state index in [0.717, 1.165) is 12.3 Å². The van der Waals surface area contributed by atoms with E-state index in [1.54, 1.807) is 0 Å². The molecule has 0 aliphatic heterocycles. The first-order valence-electron chi connectivity index (χ1n) is 7.44. The number of phenolic OH excluding ortho intramolecular Hbond substituents is 1. The Hall–Kier alpha value is -3.99. The summed E-state index contributed by atoms with van der Waals surface area (Å²) in [5, 5.41) is 35.5. The molecule has 0 aliphatic rings. The van der Waals surface area contributed by atoms with Crippen molar-refractivity contribution in [2.75, 3.05) is 0 Å². The molecule has 1 heterocycles. The maximum Gasteiger partial charge on any atom is 0.312 e. The van der Waals surface area contributed by atoms with Gasteiger partial charge in [-0.25, -0.2) is 5.43 Å². The molecule has 2 N–H and O–H groups in total. The number of nitro groups is 2. The minimum absolute atomic E-state index is 0.00356. The van der Waals surface area contributed by atoms with E-state index in [0.29, 0.717) is 5.39 Å². The Morgan fingerprint density at radius 2 is 1.93 bits per heavy atom. The number of benzene rings is 2. The molecule has 3 rings (SSSR count). The molecule has 1 amide bonds. The van der Waals surface area contributed by atoms with Gasteiger partial charge < -0.3 is 9.52 Å². The third kappa shape index (κ3) is 3.73. The molecule has 11 nitrogen and oxygen atoms in total. The minimum atomic E-state index is -0.815. The lowest BCUT2D eigenvalue weighted by atomic mass is 10.2. The van der Waals surface area contributed by atoms with Crippen LogP contribution in [0.25, 0.3) is 11.0 Å². The number of nitrogens with zero attached hydrogens (tertiary/aromatic N) is 3. The standard InChI is InChI=1S/C16H9ClN4O7/c17-10-3-9(15(22)12(6-10)21(26)27)7-18-19-16(23)14-5-8-4-11(20(24)25)1-2-13(8)28-14/h1-7,22H,(H,19,23)/b18-7-. The number of furan rings is 1.